The summed E-state index contributed by atoms with van der Waals surface area (Å²) in [7, 11) is 0. The number of benzene rings is 1. The van der Waals surface area contributed by atoms with Crippen LogP contribution in [-0.2, 0) is 11.2 Å². The number of hydrogen-bond donors (Lipinski definition) is 2. The second kappa shape index (κ2) is 9.16. The predicted molar refractivity (Wildman–Crippen MR) is 103 cm³/mol. The molecule has 2 N–H and O–H groups in total. The van der Waals surface area contributed by atoms with Gasteiger partial charge in [0.05, 0.1) is 12.7 Å². The fourth-order valence-corrected chi connectivity index (χ4v) is 3.14. The molecule has 8 nitrogen and oxygen atoms in total. The first-order valence-electron chi connectivity index (χ1n) is 9.52. The van der Waals surface area contributed by atoms with Crippen LogP contribution in [0.4, 0.5) is 10.5 Å². The van der Waals surface area contributed by atoms with Crippen LogP contribution in [0.5, 0.6) is 0 Å². The maximum atomic E-state index is 12.5. The van der Waals surface area contributed by atoms with E-state index in [9.17, 15) is 9.90 Å². The van der Waals surface area contributed by atoms with E-state index in [0.717, 1.165) is 30.6 Å². The van der Waals surface area contributed by atoms with Crippen molar-refractivity contribution in [2.24, 2.45) is 0 Å². The number of fused-ring (bicyclic) bond motifs is 1. The second-order valence-electron chi connectivity index (χ2n) is 6.67. The number of aromatic nitrogens is 1. The van der Waals surface area contributed by atoms with Crippen molar-refractivity contribution in [1.29, 1.82) is 0 Å². The average molecular weight is 376 g/mol. The molecule has 0 spiro atoms. The number of nitrogens with one attached hydrogen (secondary N) is 1. The van der Waals surface area contributed by atoms with Gasteiger partial charge in [-0.25, -0.2) is 9.78 Å². The third kappa shape index (κ3) is 5.18. The fourth-order valence-electron chi connectivity index (χ4n) is 3.14. The Labute approximate surface area is 159 Å². The lowest BCUT2D eigenvalue weighted by atomic mass is 10.2. The SMILES string of the molecule is CCOC[C@@H](O)CN1CCN(C(=O)Nc2ccc3oc(CC)nc3c2)CC1. The number of nitrogens with zero attached hydrogens (tertiary/aromatic N) is 3. The van der Waals surface area contributed by atoms with Crippen LogP contribution in [0.2, 0.25) is 0 Å². The van der Waals surface area contributed by atoms with Crippen LogP contribution in [0.25, 0.3) is 11.1 Å². The Hall–Kier alpha value is -2.16. The minimum atomic E-state index is -0.493. The molecule has 1 aromatic carbocycles. The van der Waals surface area contributed by atoms with E-state index in [0.29, 0.717) is 44.4 Å². The summed E-state index contributed by atoms with van der Waals surface area (Å²) in [6, 6.07) is 5.36. The lowest BCUT2D eigenvalue weighted by Crippen LogP contribution is -2.51. The van der Waals surface area contributed by atoms with Gasteiger partial charge in [-0.15, -0.1) is 0 Å². The fraction of sp³-hybridized carbons (Fsp3) is 0.579. The molecule has 1 saturated heterocycles. The summed E-state index contributed by atoms with van der Waals surface area (Å²) in [5, 5.41) is 12.9. The molecule has 0 saturated carbocycles. The molecule has 1 fully saturated rings. The van der Waals surface area contributed by atoms with Crippen molar-refractivity contribution in [2.75, 3.05) is 51.3 Å². The number of anilines is 1. The molecule has 1 aliphatic heterocycles. The number of aliphatic hydroxyl groups is 1. The summed E-state index contributed by atoms with van der Waals surface area (Å²) in [5.41, 5.74) is 2.18. The normalized spacial score (nSPS) is 16.6. The van der Waals surface area contributed by atoms with Gasteiger partial charge >= 0.3 is 6.03 Å². The van der Waals surface area contributed by atoms with E-state index in [2.05, 4.69) is 15.2 Å². The molecule has 2 amide bonds. The van der Waals surface area contributed by atoms with E-state index >= 15 is 0 Å². The number of carbonyl (C=O) groups excluding carboxylic acids is 1. The minimum absolute atomic E-state index is 0.122. The van der Waals surface area contributed by atoms with Gasteiger partial charge in [0, 0.05) is 51.4 Å². The Kier molecular flexibility index (Phi) is 6.65. The number of aliphatic hydroxyl groups excluding tert-OH is 1. The molecule has 148 valence electrons. The molecule has 0 unspecified atom stereocenters. The van der Waals surface area contributed by atoms with E-state index in [-0.39, 0.29) is 6.03 Å². The van der Waals surface area contributed by atoms with E-state index in [1.54, 1.807) is 4.90 Å². The van der Waals surface area contributed by atoms with Crippen molar-refractivity contribution in [1.82, 2.24) is 14.8 Å². The highest BCUT2D eigenvalue weighted by molar-refractivity contribution is 5.91. The number of carbonyl (C=O) groups is 1. The number of piperazine rings is 1. The van der Waals surface area contributed by atoms with Crippen LogP contribution < -0.4 is 5.32 Å². The summed E-state index contributed by atoms with van der Waals surface area (Å²) in [5.74, 6) is 0.691. The Balaban J connectivity index is 1.49. The highest BCUT2D eigenvalue weighted by Crippen LogP contribution is 2.20. The van der Waals surface area contributed by atoms with Gasteiger partial charge < -0.3 is 24.5 Å². The maximum Gasteiger partial charge on any atom is 0.321 e. The van der Waals surface area contributed by atoms with Gasteiger partial charge in [-0.1, -0.05) is 6.92 Å². The first-order valence-corrected chi connectivity index (χ1v) is 9.52. The van der Waals surface area contributed by atoms with Crippen LogP contribution in [-0.4, -0.2) is 78.0 Å². The molecule has 1 atom stereocenters. The summed E-state index contributed by atoms with van der Waals surface area (Å²) >= 11 is 0. The molecule has 27 heavy (non-hydrogen) atoms. The smallest absolute Gasteiger partial charge is 0.321 e. The van der Waals surface area contributed by atoms with Crippen LogP contribution in [0.3, 0.4) is 0 Å². The van der Waals surface area contributed by atoms with Gasteiger partial charge in [0.25, 0.3) is 0 Å². The number of β-amino-alcohol motifs (C(OH)–C–C–N with tert-alkyl or cyclic N) is 1. The molecule has 0 aliphatic carbocycles. The lowest BCUT2D eigenvalue weighted by molar-refractivity contribution is 0.0139. The zero-order valence-electron chi connectivity index (χ0n) is 16.0. The highest BCUT2D eigenvalue weighted by atomic mass is 16.5. The van der Waals surface area contributed by atoms with Crippen molar-refractivity contribution < 1.29 is 19.1 Å². The van der Waals surface area contributed by atoms with Gasteiger partial charge in [0.2, 0.25) is 0 Å². The Morgan fingerprint density at radius 2 is 2.11 bits per heavy atom. The zero-order valence-corrected chi connectivity index (χ0v) is 16.0. The number of oxazole rings is 1. The van der Waals surface area contributed by atoms with Crippen LogP contribution >= 0.6 is 0 Å². The lowest BCUT2D eigenvalue weighted by Gasteiger charge is -2.35. The quantitative estimate of drug-likeness (QED) is 0.767. The molecule has 8 heteroatoms. The van der Waals surface area contributed by atoms with E-state index in [4.69, 9.17) is 9.15 Å². The number of aryl methyl sites for hydroxylation is 1. The predicted octanol–water partition coefficient (Wildman–Crippen LogP) is 1.94. The van der Waals surface area contributed by atoms with E-state index in [1.807, 2.05) is 32.0 Å². The summed E-state index contributed by atoms with van der Waals surface area (Å²) in [4.78, 5) is 20.9. The third-order valence-corrected chi connectivity index (χ3v) is 4.63. The van der Waals surface area contributed by atoms with Crippen molar-refractivity contribution in [3.05, 3.63) is 24.1 Å². The number of urea groups is 1. The topological polar surface area (TPSA) is 91.1 Å². The van der Waals surface area contributed by atoms with E-state index in [1.165, 1.54) is 0 Å². The number of ether oxygens (including phenoxy) is 1. The van der Waals surface area contributed by atoms with Crippen molar-refractivity contribution in [3.63, 3.8) is 0 Å². The minimum Gasteiger partial charge on any atom is -0.441 e. The molecular weight excluding hydrogens is 348 g/mol. The molecule has 0 radical (unpaired) electrons. The van der Waals surface area contributed by atoms with Gasteiger partial charge in [-0.05, 0) is 25.1 Å². The standard InChI is InChI=1S/C19H28N4O4/c1-3-18-21-16-11-14(5-6-17(16)27-18)20-19(25)23-9-7-22(8-10-23)12-15(24)13-26-4-2/h5-6,11,15,24H,3-4,7-10,12-13H2,1-2H3,(H,20,25)/t15-/m0/s1. The van der Waals surface area contributed by atoms with Gasteiger partial charge in [-0.3, -0.25) is 4.90 Å². The van der Waals surface area contributed by atoms with Crippen LogP contribution in [0.15, 0.2) is 22.6 Å². The largest absolute Gasteiger partial charge is 0.441 e. The average Bonchev–Trinajstić information content (AvgIpc) is 3.09. The van der Waals surface area contributed by atoms with Gasteiger partial charge in [0.1, 0.15) is 5.52 Å². The first-order chi connectivity index (χ1) is 13.1. The van der Waals surface area contributed by atoms with Gasteiger partial charge in [0.15, 0.2) is 11.5 Å². The summed E-state index contributed by atoms with van der Waals surface area (Å²) in [6.45, 7) is 8.14. The second-order valence-corrected chi connectivity index (χ2v) is 6.67. The third-order valence-electron chi connectivity index (χ3n) is 4.63. The monoisotopic (exact) mass is 376 g/mol. The first kappa shape index (κ1) is 19.6. The number of hydrogen-bond acceptors (Lipinski definition) is 6. The number of amides is 2. The molecule has 1 aliphatic rings. The molecule has 0 bridgehead atoms. The van der Waals surface area contributed by atoms with Crippen molar-refractivity contribution in [2.45, 2.75) is 26.4 Å². The van der Waals surface area contributed by atoms with Crippen molar-refractivity contribution >= 4 is 22.8 Å². The summed E-state index contributed by atoms with van der Waals surface area (Å²) < 4.78 is 10.8. The zero-order chi connectivity index (χ0) is 19.2. The number of rotatable bonds is 7. The van der Waals surface area contributed by atoms with Crippen LogP contribution in [0.1, 0.15) is 19.7 Å². The molecule has 1 aromatic heterocycles. The Bertz CT molecular complexity index is 755. The van der Waals surface area contributed by atoms with Crippen molar-refractivity contribution in [3.8, 4) is 0 Å². The van der Waals surface area contributed by atoms with E-state index < -0.39 is 6.10 Å². The Morgan fingerprint density at radius 1 is 1.33 bits per heavy atom. The molecule has 2 heterocycles. The summed E-state index contributed by atoms with van der Waals surface area (Å²) in [6.07, 6.45) is 0.243. The molecule has 3 rings (SSSR count). The highest BCUT2D eigenvalue weighted by Gasteiger charge is 2.22. The van der Waals surface area contributed by atoms with Crippen LogP contribution in [0, 0.1) is 0 Å². The Morgan fingerprint density at radius 3 is 2.81 bits per heavy atom. The molecule has 2 aromatic rings. The maximum absolute atomic E-state index is 12.5. The molecular formula is C19H28N4O4. The van der Waals surface area contributed by atoms with Gasteiger partial charge in [-0.2, -0.15) is 0 Å².